The highest BCUT2D eigenvalue weighted by Crippen LogP contribution is 2.22. The molecule has 1 aliphatic heterocycles. The normalized spacial score (nSPS) is 23.5. The van der Waals surface area contributed by atoms with Crippen LogP contribution in [0.5, 0.6) is 0 Å². The highest BCUT2D eigenvalue weighted by atomic mass is 32.2. The van der Waals surface area contributed by atoms with Gasteiger partial charge >= 0.3 is 5.97 Å². The topological polar surface area (TPSA) is 77.9 Å². The first-order valence-corrected chi connectivity index (χ1v) is 5.73. The first-order valence-electron chi connectivity index (χ1n) is 4.23. The van der Waals surface area contributed by atoms with Crippen LogP contribution in [0.25, 0.3) is 0 Å². The Bertz CT molecular complexity index is 327. The first-order chi connectivity index (χ1) is 6.35. The monoisotopic (exact) mass is 222 g/mol. The number of aliphatic carboxylic acids is 1. The van der Waals surface area contributed by atoms with E-state index in [0.29, 0.717) is 6.42 Å². The third-order valence-corrected chi connectivity index (χ3v) is 4.64. The molecule has 0 unspecified atom stereocenters. The van der Waals surface area contributed by atoms with Gasteiger partial charge in [0.05, 0.1) is 0 Å². The summed E-state index contributed by atoms with van der Waals surface area (Å²) >= 11 is 0. The van der Waals surface area contributed by atoms with Crippen LogP contribution in [-0.4, -0.2) is 61.3 Å². The van der Waals surface area contributed by atoms with E-state index in [2.05, 4.69) is 0 Å². The maximum atomic E-state index is 11.7. The van der Waals surface area contributed by atoms with Crippen molar-refractivity contribution >= 4 is 16.0 Å². The minimum Gasteiger partial charge on any atom is -0.480 e. The number of carboxylic acid groups (broad SMARTS) is 1. The van der Waals surface area contributed by atoms with Gasteiger partial charge in [-0.25, -0.2) is 8.42 Å². The van der Waals surface area contributed by atoms with Crippen LogP contribution in [0.1, 0.15) is 6.42 Å². The quantitative estimate of drug-likeness (QED) is 0.659. The number of rotatable bonds is 4. The number of carboxylic acids is 1. The molecule has 0 spiro atoms. The lowest BCUT2D eigenvalue weighted by atomic mass is 10.2. The molecule has 0 saturated carbocycles. The van der Waals surface area contributed by atoms with Crippen LogP contribution < -0.4 is 0 Å². The summed E-state index contributed by atoms with van der Waals surface area (Å²) in [5.74, 6) is -1.14. The average Bonchev–Trinajstić information content (AvgIpc) is 1.99. The van der Waals surface area contributed by atoms with Crippen molar-refractivity contribution in [3.05, 3.63) is 0 Å². The van der Waals surface area contributed by atoms with Gasteiger partial charge in [0.1, 0.15) is 11.9 Å². The van der Waals surface area contributed by atoms with Crippen molar-refractivity contribution in [2.45, 2.75) is 11.8 Å². The minimum atomic E-state index is -3.47. The highest BCUT2D eigenvalue weighted by molar-refractivity contribution is 7.89. The molecular formula is C7H14N2O4S. The molecule has 0 aromatic carbocycles. The Morgan fingerprint density at radius 2 is 2.21 bits per heavy atom. The Hall–Kier alpha value is -0.660. The smallest absolute Gasteiger partial charge is 0.318 e. The fourth-order valence-corrected chi connectivity index (χ4v) is 3.03. The van der Waals surface area contributed by atoms with Crippen LogP contribution in [0.2, 0.25) is 0 Å². The van der Waals surface area contributed by atoms with Crippen LogP contribution in [0.15, 0.2) is 0 Å². The summed E-state index contributed by atoms with van der Waals surface area (Å²) in [6.45, 7) is 0.261. The molecule has 6 nitrogen and oxygen atoms in total. The number of likely N-dealkylation sites (N-methyl/N-ethyl adjacent to an activating group) is 1. The van der Waals surface area contributed by atoms with Gasteiger partial charge < -0.3 is 5.11 Å². The number of hydrogen-bond acceptors (Lipinski definition) is 4. The molecule has 0 radical (unpaired) electrons. The largest absolute Gasteiger partial charge is 0.480 e. The van der Waals surface area contributed by atoms with E-state index >= 15 is 0 Å². The third kappa shape index (κ3) is 2.05. The molecule has 0 bridgehead atoms. The SMILES string of the molecule is CN1CC[C@@H]1S(=O)(=O)N(C)CC(=O)O. The molecule has 14 heavy (non-hydrogen) atoms. The van der Waals surface area contributed by atoms with Crippen LogP contribution >= 0.6 is 0 Å². The van der Waals surface area contributed by atoms with E-state index in [4.69, 9.17) is 5.11 Å². The van der Waals surface area contributed by atoms with E-state index in [0.717, 1.165) is 10.8 Å². The lowest BCUT2D eigenvalue weighted by molar-refractivity contribution is -0.137. The molecule has 0 amide bonds. The molecule has 1 saturated heterocycles. The molecule has 1 atom stereocenters. The highest BCUT2D eigenvalue weighted by Gasteiger charge is 2.39. The van der Waals surface area contributed by atoms with Gasteiger partial charge in [0.25, 0.3) is 0 Å². The van der Waals surface area contributed by atoms with Crippen molar-refractivity contribution in [2.24, 2.45) is 0 Å². The van der Waals surface area contributed by atoms with Gasteiger partial charge in [-0.15, -0.1) is 0 Å². The van der Waals surface area contributed by atoms with E-state index < -0.39 is 27.9 Å². The van der Waals surface area contributed by atoms with Crippen molar-refractivity contribution in [1.82, 2.24) is 9.21 Å². The van der Waals surface area contributed by atoms with Crippen molar-refractivity contribution in [3.8, 4) is 0 Å². The lowest BCUT2D eigenvalue weighted by Crippen LogP contribution is -2.54. The number of nitrogens with zero attached hydrogens (tertiary/aromatic N) is 2. The minimum absolute atomic E-state index is 0.479. The molecule has 7 heteroatoms. The van der Waals surface area contributed by atoms with Gasteiger partial charge in [0, 0.05) is 13.6 Å². The van der Waals surface area contributed by atoms with E-state index in [-0.39, 0.29) is 0 Å². The van der Waals surface area contributed by atoms with Gasteiger partial charge in [-0.1, -0.05) is 0 Å². The van der Waals surface area contributed by atoms with Gasteiger partial charge in [-0.3, -0.25) is 9.69 Å². The summed E-state index contributed by atoms with van der Waals surface area (Å²) in [5, 5.41) is 7.92. The van der Waals surface area contributed by atoms with Gasteiger partial charge in [-0.05, 0) is 13.5 Å². The van der Waals surface area contributed by atoms with Crippen molar-refractivity contribution in [2.75, 3.05) is 27.2 Å². The zero-order chi connectivity index (χ0) is 10.9. The predicted molar refractivity (Wildman–Crippen MR) is 50.2 cm³/mol. The number of sulfonamides is 1. The Kier molecular flexibility index (Phi) is 3.13. The summed E-state index contributed by atoms with van der Waals surface area (Å²) in [6.07, 6.45) is 0.572. The van der Waals surface area contributed by atoms with E-state index in [1.165, 1.54) is 7.05 Å². The average molecular weight is 222 g/mol. The van der Waals surface area contributed by atoms with Crippen molar-refractivity contribution in [3.63, 3.8) is 0 Å². The first kappa shape index (κ1) is 11.4. The van der Waals surface area contributed by atoms with Crippen molar-refractivity contribution in [1.29, 1.82) is 0 Å². The van der Waals surface area contributed by atoms with Gasteiger partial charge in [0.15, 0.2) is 0 Å². The van der Waals surface area contributed by atoms with Crippen LogP contribution in [-0.2, 0) is 14.8 Å². The Labute approximate surface area is 83.2 Å². The van der Waals surface area contributed by atoms with Gasteiger partial charge in [0.2, 0.25) is 10.0 Å². The maximum absolute atomic E-state index is 11.7. The summed E-state index contributed by atoms with van der Waals surface area (Å²) < 4.78 is 24.2. The molecule has 82 valence electrons. The second-order valence-electron chi connectivity index (χ2n) is 3.42. The number of hydrogen-bond donors (Lipinski definition) is 1. The summed E-state index contributed by atoms with van der Waals surface area (Å²) in [7, 11) is -0.472. The maximum Gasteiger partial charge on any atom is 0.318 e. The van der Waals surface area contributed by atoms with Crippen molar-refractivity contribution < 1.29 is 18.3 Å². The Balaban J connectivity index is 2.69. The molecule has 1 fully saturated rings. The second kappa shape index (κ2) is 3.84. The molecule has 1 rings (SSSR count). The summed E-state index contributed by atoms with van der Waals surface area (Å²) in [5.41, 5.74) is 0. The van der Waals surface area contributed by atoms with Crippen LogP contribution in [0.3, 0.4) is 0 Å². The molecule has 1 heterocycles. The zero-order valence-electron chi connectivity index (χ0n) is 8.17. The van der Waals surface area contributed by atoms with Crippen LogP contribution in [0, 0.1) is 0 Å². The van der Waals surface area contributed by atoms with E-state index in [1.807, 2.05) is 0 Å². The third-order valence-electron chi connectivity index (χ3n) is 2.36. The molecule has 0 aromatic rings. The van der Waals surface area contributed by atoms with Gasteiger partial charge in [-0.2, -0.15) is 4.31 Å². The van der Waals surface area contributed by atoms with E-state index in [1.54, 1.807) is 11.9 Å². The molecular weight excluding hydrogens is 208 g/mol. The second-order valence-corrected chi connectivity index (χ2v) is 5.62. The lowest BCUT2D eigenvalue weighted by Gasteiger charge is -2.38. The fraction of sp³-hybridized carbons (Fsp3) is 0.857. The standard InChI is InChI=1S/C7H14N2O4S/c1-8-4-3-6(8)14(12,13)9(2)5-7(10)11/h6H,3-5H2,1-2H3,(H,10,11)/t6-/m0/s1. The molecule has 1 aliphatic rings. The molecule has 0 aromatic heterocycles. The Morgan fingerprint density at radius 3 is 2.50 bits per heavy atom. The fourth-order valence-electron chi connectivity index (χ4n) is 1.36. The van der Waals surface area contributed by atoms with E-state index in [9.17, 15) is 13.2 Å². The predicted octanol–water partition coefficient (Wildman–Crippen LogP) is -1.01. The molecule has 1 N–H and O–H groups in total. The summed E-state index contributed by atoms with van der Waals surface area (Å²) in [4.78, 5) is 12.0. The number of likely N-dealkylation sites (tertiary alicyclic amines) is 1. The number of carbonyl (C=O) groups is 1. The zero-order valence-corrected chi connectivity index (χ0v) is 8.99. The van der Waals surface area contributed by atoms with Crippen LogP contribution in [0.4, 0.5) is 0 Å². The molecule has 0 aliphatic carbocycles. The summed E-state index contributed by atoms with van der Waals surface area (Å²) in [6, 6.07) is 0. The Morgan fingerprint density at radius 1 is 1.64 bits per heavy atom.